The van der Waals surface area contributed by atoms with Crippen molar-refractivity contribution in [2.75, 3.05) is 13.2 Å². The number of hydrogen-bond acceptors (Lipinski definition) is 5. The van der Waals surface area contributed by atoms with Crippen LogP contribution in [-0.4, -0.2) is 39.8 Å². The summed E-state index contributed by atoms with van der Waals surface area (Å²) in [4.78, 5) is 12.8. The van der Waals surface area contributed by atoms with Gasteiger partial charge in [-0.15, -0.1) is 0 Å². The van der Waals surface area contributed by atoms with Crippen molar-refractivity contribution in [2.45, 2.75) is 0 Å². The van der Waals surface area contributed by atoms with Crippen LogP contribution < -0.4 is 0 Å². The molecule has 3 N–H and O–H groups in total. The van der Waals surface area contributed by atoms with E-state index in [9.17, 15) is 5.11 Å². The minimum absolute atomic E-state index is 0.0395. The first-order chi connectivity index (χ1) is 11.8. The lowest BCUT2D eigenvalue weighted by atomic mass is 10.0. The predicted molar refractivity (Wildman–Crippen MR) is 92.2 cm³/mol. The molecule has 1 aromatic heterocycles. The summed E-state index contributed by atoms with van der Waals surface area (Å²) in [6.45, 7) is -0.0257. The van der Waals surface area contributed by atoms with Gasteiger partial charge in [-0.1, -0.05) is 41.6 Å². The molecule has 0 atom stereocenters. The Morgan fingerprint density at radius 1 is 1.08 bits per heavy atom. The van der Waals surface area contributed by atoms with Crippen molar-refractivity contribution < 1.29 is 15.1 Å². The van der Waals surface area contributed by atoms with E-state index in [1.54, 1.807) is 0 Å². The Hall–Kier alpha value is -3.12. The molecular formula is C18H15N3O3. The molecule has 0 aliphatic carbocycles. The maximum Gasteiger partial charge on any atom is 0.199 e. The Morgan fingerprint density at radius 3 is 2.75 bits per heavy atom. The van der Waals surface area contributed by atoms with Crippen LogP contribution in [0.5, 0.6) is 5.88 Å². The van der Waals surface area contributed by atoms with Crippen LogP contribution in [0.15, 0.2) is 58.7 Å². The number of aromatic hydroxyl groups is 1. The molecule has 4 rings (SSSR count). The molecule has 120 valence electrons. The van der Waals surface area contributed by atoms with Crippen LogP contribution in [0, 0.1) is 0 Å². The molecule has 1 aliphatic heterocycles. The molecule has 0 fully saturated rings. The maximum absolute atomic E-state index is 10.4. The van der Waals surface area contributed by atoms with Gasteiger partial charge in [-0.05, 0) is 12.1 Å². The Bertz CT molecular complexity index is 973. The van der Waals surface area contributed by atoms with Crippen molar-refractivity contribution >= 4 is 28.0 Å². The van der Waals surface area contributed by atoms with Crippen molar-refractivity contribution in [3.8, 4) is 5.88 Å². The highest BCUT2D eigenvalue weighted by Crippen LogP contribution is 2.35. The van der Waals surface area contributed by atoms with E-state index in [1.807, 2.05) is 48.5 Å². The Balaban J connectivity index is 1.89. The molecule has 0 radical (unpaired) electrons. The lowest BCUT2D eigenvalue weighted by Crippen LogP contribution is -2.14. The zero-order valence-corrected chi connectivity index (χ0v) is 12.7. The van der Waals surface area contributed by atoms with Crippen molar-refractivity contribution in [1.29, 1.82) is 0 Å². The molecule has 1 aliphatic rings. The van der Waals surface area contributed by atoms with Gasteiger partial charge in [0.2, 0.25) is 0 Å². The summed E-state index contributed by atoms with van der Waals surface area (Å²) in [6.07, 6.45) is 0. The second kappa shape index (κ2) is 5.82. The number of rotatable bonds is 4. The first-order valence-electron chi connectivity index (χ1n) is 7.59. The van der Waals surface area contributed by atoms with Gasteiger partial charge in [0.15, 0.2) is 5.88 Å². The van der Waals surface area contributed by atoms with Crippen LogP contribution in [0.4, 0.5) is 5.69 Å². The number of H-pyrrole nitrogens is 1. The molecule has 0 amide bonds. The molecule has 0 saturated carbocycles. The van der Waals surface area contributed by atoms with E-state index < -0.39 is 0 Å². The number of hydrogen-bond donors (Lipinski definition) is 3. The van der Waals surface area contributed by atoms with Crippen LogP contribution in [0.2, 0.25) is 0 Å². The Labute approximate surface area is 137 Å². The van der Waals surface area contributed by atoms with Gasteiger partial charge >= 0.3 is 0 Å². The Morgan fingerprint density at radius 2 is 1.88 bits per heavy atom. The smallest absolute Gasteiger partial charge is 0.199 e. The molecule has 6 heteroatoms. The van der Waals surface area contributed by atoms with Crippen LogP contribution in [0.3, 0.4) is 0 Å². The fraction of sp³-hybridized carbons (Fsp3) is 0.111. The average Bonchev–Trinajstić information content (AvgIpc) is 3.12. The number of nitrogens with one attached hydrogen (secondary N) is 1. The van der Waals surface area contributed by atoms with Gasteiger partial charge in [0.05, 0.1) is 17.9 Å². The highest BCUT2D eigenvalue weighted by atomic mass is 16.6. The lowest BCUT2D eigenvalue weighted by molar-refractivity contribution is 0.0992. The van der Waals surface area contributed by atoms with Crippen molar-refractivity contribution in [3.63, 3.8) is 0 Å². The number of para-hydroxylation sites is 2. The number of aromatic nitrogens is 1. The second-order valence-corrected chi connectivity index (χ2v) is 5.37. The van der Waals surface area contributed by atoms with E-state index in [0.29, 0.717) is 17.0 Å². The molecule has 0 unspecified atom stereocenters. The summed E-state index contributed by atoms with van der Waals surface area (Å²) in [5.74, 6) is 0.0395. The number of aliphatic hydroxyl groups is 1. The summed E-state index contributed by atoms with van der Waals surface area (Å²) >= 11 is 0. The number of fused-ring (bicyclic) bond motifs is 2. The fourth-order valence-corrected chi connectivity index (χ4v) is 2.86. The molecule has 2 heterocycles. The number of oxime groups is 1. The zero-order chi connectivity index (χ0) is 16.5. The van der Waals surface area contributed by atoms with Gasteiger partial charge in [0.1, 0.15) is 18.0 Å². The molecule has 3 aromatic rings. The molecule has 0 saturated heterocycles. The summed E-state index contributed by atoms with van der Waals surface area (Å²) in [6, 6.07) is 15.2. The van der Waals surface area contributed by atoms with E-state index in [1.165, 1.54) is 0 Å². The van der Waals surface area contributed by atoms with Crippen molar-refractivity contribution in [2.24, 2.45) is 10.1 Å². The molecule has 0 spiro atoms. The predicted octanol–water partition coefficient (Wildman–Crippen LogP) is 2.72. The van der Waals surface area contributed by atoms with E-state index in [0.717, 1.165) is 22.2 Å². The number of benzene rings is 2. The highest BCUT2D eigenvalue weighted by molar-refractivity contribution is 6.58. The number of aromatic amines is 1. The quantitative estimate of drug-likeness (QED) is 0.510. The van der Waals surface area contributed by atoms with Crippen LogP contribution in [0.1, 0.15) is 11.1 Å². The van der Waals surface area contributed by atoms with Gasteiger partial charge < -0.3 is 20.0 Å². The largest absolute Gasteiger partial charge is 0.494 e. The standard InChI is InChI=1S/C18H15N3O3/c22-9-10-24-21-16-12-6-2-4-8-14(12)19-17(16)15-11-5-1-3-7-13(11)20-18(15)23/h1-8,20,22-23H,9-10H2/b21-16-. The topological polar surface area (TPSA) is 90.2 Å². The third-order valence-corrected chi connectivity index (χ3v) is 3.88. The SMILES string of the molecule is OCCO/N=C1\C(c2c(O)[nH]c3ccccc23)=Nc2ccccc21. The first kappa shape index (κ1) is 14.5. The van der Waals surface area contributed by atoms with Gasteiger partial charge in [-0.3, -0.25) is 0 Å². The van der Waals surface area contributed by atoms with E-state index in [2.05, 4.69) is 15.1 Å². The van der Waals surface area contributed by atoms with Crippen molar-refractivity contribution in [3.05, 3.63) is 59.7 Å². The van der Waals surface area contributed by atoms with E-state index in [4.69, 9.17) is 9.94 Å². The van der Waals surface area contributed by atoms with Crippen LogP contribution >= 0.6 is 0 Å². The second-order valence-electron chi connectivity index (χ2n) is 5.37. The monoisotopic (exact) mass is 321 g/mol. The van der Waals surface area contributed by atoms with E-state index >= 15 is 0 Å². The normalized spacial score (nSPS) is 14.9. The molecule has 0 bridgehead atoms. The minimum Gasteiger partial charge on any atom is -0.494 e. The maximum atomic E-state index is 10.4. The molecule has 24 heavy (non-hydrogen) atoms. The van der Waals surface area contributed by atoms with Gasteiger partial charge in [-0.2, -0.15) is 0 Å². The molecule has 2 aromatic carbocycles. The Kier molecular flexibility index (Phi) is 3.51. The van der Waals surface area contributed by atoms with Gasteiger partial charge in [-0.25, -0.2) is 4.99 Å². The average molecular weight is 321 g/mol. The summed E-state index contributed by atoms with van der Waals surface area (Å²) in [5, 5.41) is 24.3. The lowest BCUT2D eigenvalue weighted by Gasteiger charge is -2.04. The number of aliphatic hydroxyl groups excluding tert-OH is 1. The zero-order valence-electron chi connectivity index (χ0n) is 12.7. The van der Waals surface area contributed by atoms with Crippen LogP contribution in [0.25, 0.3) is 10.9 Å². The summed E-state index contributed by atoms with van der Waals surface area (Å²) in [7, 11) is 0. The summed E-state index contributed by atoms with van der Waals surface area (Å²) < 4.78 is 0. The van der Waals surface area contributed by atoms with E-state index in [-0.39, 0.29) is 19.1 Å². The fourth-order valence-electron chi connectivity index (χ4n) is 2.86. The number of nitrogens with zero attached hydrogens (tertiary/aromatic N) is 2. The highest BCUT2D eigenvalue weighted by Gasteiger charge is 2.28. The molecule has 6 nitrogen and oxygen atoms in total. The third kappa shape index (κ3) is 2.24. The first-order valence-corrected chi connectivity index (χ1v) is 7.59. The minimum atomic E-state index is -0.122. The third-order valence-electron chi connectivity index (χ3n) is 3.88. The van der Waals surface area contributed by atoms with Crippen LogP contribution in [-0.2, 0) is 4.84 Å². The van der Waals surface area contributed by atoms with Gasteiger partial charge in [0, 0.05) is 16.5 Å². The molecular weight excluding hydrogens is 306 g/mol. The van der Waals surface area contributed by atoms with Crippen molar-refractivity contribution in [1.82, 2.24) is 4.98 Å². The summed E-state index contributed by atoms with van der Waals surface area (Å²) in [5.41, 5.74) is 4.09. The van der Waals surface area contributed by atoms with Gasteiger partial charge in [0.25, 0.3) is 0 Å². The number of aliphatic imine (C=N–C) groups is 1.